The molecule has 0 saturated carbocycles. The SMILES string of the molecule is O=C(Nc1ncnc2c1ncn2[C@@H]1O[C@@]2(CO)COC1[C@H]2O)c1ccccc1. The maximum absolute atomic E-state index is 12.4. The van der Waals surface area contributed by atoms with Crippen molar-refractivity contribution < 1.29 is 24.5 Å². The molecule has 2 aliphatic rings. The van der Waals surface area contributed by atoms with Crippen molar-refractivity contribution in [3.8, 4) is 0 Å². The van der Waals surface area contributed by atoms with Crippen LogP contribution in [0.25, 0.3) is 11.2 Å². The number of aliphatic hydroxyl groups excluding tert-OH is 2. The highest BCUT2D eigenvalue weighted by molar-refractivity contribution is 6.06. The van der Waals surface area contributed by atoms with Crippen molar-refractivity contribution in [2.75, 3.05) is 18.5 Å². The monoisotopic (exact) mass is 383 g/mol. The average Bonchev–Trinajstić information content (AvgIpc) is 3.39. The summed E-state index contributed by atoms with van der Waals surface area (Å²) in [5, 5.41) is 22.8. The van der Waals surface area contributed by atoms with Gasteiger partial charge >= 0.3 is 0 Å². The first-order valence-corrected chi connectivity index (χ1v) is 8.75. The number of anilines is 1. The summed E-state index contributed by atoms with van der Waals surface area (Å²) in [4.78, 5) is 25.1. The van der Waals surface area contributed by atoms with Crippen LogP contribution in [0, 0.1) is 0 Å². The lowest BCUT2D eigenvalue weighted by molar-refractivity contribution is -0.185. The molecule has 5 rings (SSSR count). The third-order valence-corrected chi connectivity index (χ3v) is 5.18. The number of rotatable bonds is 4. The molecule has 10 nitrogen and oxygen atoms in total. The quantitative estimate of drug-likeness (QED) is 0.578. The van der Waals surface area contributed by atoms with Gasteiger partial charge in [0, 0.05) is 5.56 Å². The Labute approximate surface area is 158 Å². The lowest BCUT2D eigenvalue weighted by Gasteiger charge is -2.29. The summed E-state index contributed by atoms with van der Waals surface area (Å²) in [5.41, 5.74) is 0.139. The maximum Gasteiger partial charge on any atom is 0.256 e. The standard InChI is InChI=1S/C18H17N5O5/c24-6-18-7-27-12(13(18)25)17(28-18)23-9-21-11-14(19-8-20-15(11)23)22-16(26)10-4-2-1-3-5-10/h1-5,8-9,12-13,17,24-25H,6-7H2,(H,19,20,22,26)/t12?,13-,17-,18+/m1/s1. The molecule has 2 saturated heterocycles. The Hall–Kier alpha value is -2.92. The van der Waals surface area contributed by atoms with Gasteiger partial charge in [-0.25, -0.2) is 15.0 Å². The number of aromatic nitrogens is 4. The topological polar surface area (TPSA) is 132 Å². The summed E-state index contributed by atoms with van der Waals surface area (Å²) in [5.74, 6) is -0.0524. The molecule has 0 spiro atoms. The molecule has 3 N–H and O–H groups in total. The summed E-state index contributed by atoms with van der Waals surface area (Å²) < 4.78 is 13.1. The molecule has 10 heteroatoms. The van der Waals surface area contributed by atoms with E-state index in [9.17, 15) is 15.0 Å². The minimum absolute atomic E-state index is 0.117. The fourth-order valence-corrected chi connectivity index (χ4v) is 3.65. The van der Waals surface area contributed by atoms with Crippen molar-refractivity contribution >= 4 is 22.9 Å². The second kappa shape index (κ2) is 6.31. The van der Waals surface area contributed by atoms with E-state index in [0.717, 1.165) is 0 Å². The van der Waals surface area contributed by atoms with E-state index >= 15 is 0 Å². The van der Waals surface area contributed by atoms with Gasteiger partial charge in [-0.15, -0.1) is 0 Å². The number of hydrogen-bond donors (Lipinski definition) is 3. The Morgan fingerprint density at radius 2 is 2.11 bits per heavy atom. The number of nitrogens with zero attached hydrogens (tertiary/aromatic N) is 4. The molecule has 2 fully saturated rings. The molecule has 144 valence electrons. The van der Waals surface area contributed by atoms with Crippen molar-refractivity contribution in [1.82, 2.24) is 19.5 Å². The van der Waals surface area contributed by atoms with Crippen molar-refractivity contribution in [3.05, 3.63) is 48.5 Å². The molecule has 2 aromatic heterocycles. The molecule has 2 bridgehead atoms. The number of imidazole rings is 1. The Kier molecular flexibility index (Phi) is 3.88. The number of ether oxygens (including phenoxy) is 2. The van der Waals surface area contributed by atoms with Crippen LogP contribution in [-0.2, 0) is 9.47 Å². The number of nitrogens with one attached hydrogen (secondary N) is 1. The Morgan fingerprint density at radius 1 is 1.29 bits per heavy atom. The van der Waals surface area contributed by atoms with Crippen molar-refractivity contribution in [2.24, 2.45) is 0 Å². The van der Waals surface area contributed by atoms with E-state index in [1.165, 1.54) is 12.7 Å². The number of hydrogen-bond acceptors (Lipinski definition) is 8. The molecule has 2 aliphatic heterocycles. The summed E-state index contributed by atoms with van der Waals surface area (Å²) in [7, 11) is 0. The zero-order valence-corrected chi connectivity index (χ0v) is 14.6. The van der Waals surface area contributed by atoms with E-state index in [1.54, 1.807) is 28.8 Å². The first kappa shape index (κ1) is 17.2. The van der Waals surface area contributed by atoms with Gasteiger partial charge in [0.1, 0.15) is 24.1 Å². The minimum Gasteiger partial charge on any atom is -0.393 e. The van der Waals surface area contributed by atoms with Crippen LogP contribution in [0.4, 0.5) is 5.82 Å². The Bertz CT molecular complexity index is 1040. The number of benzene rings is 1. The van der Waals surface area contributed by atoms with Crippen LogP contribution in [-0.4, -0.2) is 66.7 Å². The molecule has 1 amide bonds. The van der Waals surface area contributed by atoms with Crippen LogP contribution in [0.3, 0.4) is 0 Å². The fraction of sp³-hybridized carbons (Fsp3) is 0.333. The lowest BCUT2D eigenvalue weighted by atomic mass is 10.0. The molecule has 0 radical (unpaired) electrons. The van der Waals surface area contributed by atoms with Crippen LogP contribution < -0.4 is 5.32 Å². The molecule has 3 aromatic rings. The van der Waals surface area contributed by atoms with Crippen LogP contribution in [0.5, 0.6) is 0 Å². The maximum atomic E-state index is 12.4. The summed E-state index contributed by atoms with van der Waals surface area (Å²) in [6, 6.07) is 8.76. The third-order valence-electron chi connectivity index (χ3n) is 5.18. The van der Waals surface area contributed by atoms with Crippen molar-refractivity contribution in [3.63, 3.8) is 0 Å². The molecular weight excluding hydrogens is 366 g/mol. The van der Waals surface area contributed by atoms with Gasteiger partial charge in [-0.2, -0.15) is 0 Å². The molecule has 4 atom stereocenters. The highest BCUT2D eigenvalue weighted by Gasteiger charge is 2.61. The molecule has 4 heterocycles. The molecule has 1 aromatic carbocycles. The highest BCUT2D eigenvalue weighted by Crippen LogP contribution is 2.45. The number of fused-ring (bicyclic) bond motifs is 3. The van der Waals surface area contributed by atoms with Gasteiger partial charge in [0.25, 0.3) is 5.91 Å². The number of aliphatic hydroxyl groups is 2. The summed E-state index contributed by atoms with van der Waals surface area (Å²) in [6.07, 6.45) is 0.492. The fourth-order valence-electron chi connectivity index (χ4n) is 3.65. The highest BCUT2D eigenvalue weighted by atomic mass is 16.7. The molecular formula is C18H17N5O5. The normalized spacial score (nSPS) is 28.7. The van der Waals surface area contributed by atoms with Gasteiger partial charge in [0.05, 0.1) is 19.5 Å². The van der Waals surface area contributed by atoms with Gasteiger partial charge in [0.2, 0.25) is 0 Å². The van der Waals surface area contributed by atoms with E-state index in [4.69, 9.17) is 9.47 Å². The zero-order chi connectivity index (χ0) is 19.3. The number of amides is 1. The zero-order valence-electron chi connectivity index (χ0n) is 14.6. The number of carbonyl (C=O) groups is 1. The molecule has 0 aliphatic carbocycles. The first-order chi connectivity index (χ1) is 13.6. The third kappa shape index (κ3) is 2.43. The average molecular weight is 383 g/mol. The summed E-state index contributed by atoms with van der Waals surface area (Å²) in [6.45, 7) is -0.243. The van der Waals surface area contributed by atoms with Crippen LogP contribution in [0.1, 0.15) is 16.6 Å². The van der Waals surface area contributed by atoms with E-state index in [-0.39, 0.29) is 24.9 Å². The number of carbonyl (C=O) groups excluding carboxylic acids is 1. The van der Waals surface area contributed by atoms with Crippen molar-refractivity contribution in [2.45, 2.75) is 24.0 Å². The molecule has 28 heavy (non-hydrogen) atoms. The van der Waals surface area contributed by atoms with E-state index in [2.05, 4.69) is 20.3 Å². The summed E-state index contributed by atoms with van der Waals surface area (Å²) >= 11 is 0. The Morgan fingerprint density at radius 3 is 2.86 bits per heavy atom. The van der Waals surface area contributed by atoms with Crippen LogP contribution >= 0.6 is 0 Å². The first-order valence-electron chi connectivity index (χ1n) is 8.75. The lowest BCUT2D eigenvalue weighted by Crippen LogP contribution is -2.44. The van der Waals surface area contributed by atoms with Gasteiger partial charge in [-0.3, -0.25) is 9.36 Å². The van der Waals surface area contributed by atoms with Crippen molar-refractivity contribution in [1.29, 1.82) is 0 Å². The smallest absolute Gasteiger partial charge is 0.256 e. The van der Waals surface area contributed by atoms with Gasteiger partial charge in [-0.1, -0.05) is 18.2 Å². The van der Waals surface area contributed by atoms with Crippen LogP contribution in [0.2, 0.25) is 0 Å². The Balaban J connectivity index is 1.48. The molecule has 1 unspecified atom stereocenters. The minimum atomic E-state index is -1.15. The van der Waals surface area contributed by atoms with Crippen LogP contribution in [0.15, 0.2) is 43.0 Å². The van der Waals surface area contributed by atoms with Gasteiger partial charge < -0.3 is 25.0 Å². The van der Waals surface area contributed by atoms with E-state index in [0.29, 0.717) is 16.7 Å². The predicted octanol–water partition coefficient (Wildman–Crippen LogP) is 0.0982. The second-order valence-electron chi connectivity index (χ2n) is 6.82. The predicted molar refractivity (Wildman–Crippen MR) is 95.4 cm³/mol. The largest absolute Gasteiger partial charge is 0.393 e. The van der Waals surface area contributed by atoms with E-state index < -0.39 is 24.0 Å². The van der Waals surface area contributed by atoms with E-state index in [1.807, 2.05) is 6.07 Å². The van der Waals surface area contributed by atoms with Gasteiger partial charge in [0.15, 0.2) is 23.2 Å². The second-order valence-corrected chi connectivity index (χ2v) is 6.82. The van der Waals surface area contributed by atoms with Gasteiger partial charge in [-0.05, 0) is 12.1 Å².